The van der Waals surface area contributed by atoms with E-state index in [1.54, 1.807) is 33.3 Å². The highest BCUT2D eigenvalue weighted by molar-refractivity contribution is 6.11. The maximum absolute atomic E-state index is 13.1. The number of methoxy groups -OCH3 is 2. The standard InChI is InChI=1S/C25H28O5/c1-5-16-7-9-17(10-8-16)21-13-18(14-22(26)24(21)25(27)30-6-2)20-12-11-19(28-3)15-23(20)29-4/h7-12,14-15,21,24H,5-6,13H2,1-4H3/t21-,24-/m1/s1. The van der Waals surface area contributed by atoms with Gasteiger partial charge in [-0.05, 0) is 54.7 Å². The fraction of sp³-hybridized carbons (Fsp3) is 0.360. The molecule has 2 aromatic carbocycles. The highest BCUT2D eigenvalue weighted by atomic mass is 16.5. The average molecular weight is 408 g/mol. The fourth-order valence-corrected chi connectivity index (χ4v) is 3.95. The number of carbonyl (C=O) groups is 2. The van der Waals surface area contributed by atoms with Crippen molar-refractivity contribution in [3.05, 3.63) is 65.2 Å². The zero-order chi connectivity index (χ0) is 21.7. The Balaban J connectivity index is 2.04. The van der Waals surface area contributed by atoms with E-state index in [0.29, 0.717) is 17.9 Å². The predicted molar refractivity (Wildman–Crippen MR) is 116 cm³/mol. The fourth-order valence-electron chi connectivity index (χ4n) is 3.95. The lowest BCUT2D eigenvalue weighted by molar-refractivity contribution is -0.151. The summed E-state index contributed by atoms with van der Waals surface area (Å²) in [5, 5.41) is 0. The van der Waals surface area contributed by atoms with Crippen LogP contribution in [0.15, 0.2) is 48.5 Å². The molecule has 0 amide bonds. The first-order valence-corrected chi connectivity index (χ1v) is 10.2. The Morgan fingerprint density at radius 2 is 1.77 bits per heavy atom. The van der Waals surface area contributed by atoms with Gasteiger partial charge in [-0.3, -0.25) is 9.59 Å². The molecule has 0 aliphatic heterocycles. The predicted octanol–water partition coefficient (Wildman–Crippen LogP) is 4.59. The lowest BCUT2D eigenvalue weighted by Crippen LogP contribution is -2.34. The number of ether oxygens (including phenoxy) is 3. The molecule has 2 aromatic rings. The van der Waals surface area contributed by atoms with Crippen LogP contribution in [0.3, 0.4) is 0 Å². The van der Waals surface area contributed by atoms with Crippen LogP contribution in [-0.2, 0) is 20.7 Å². The largest absolute Gasteiger partial charge is 0.497 e. The van der Waals surface area contributed by atoms with Gasteiger partial charge in [0.05, 0.1) is 20.8 Å². The molecule has 0 heterocycles. The number of rotatable bonds is 7. The molecule has 5 nitrogen and oxygen atoms in total. The Morgan fingerprint density at radius 3 is 2.37 bits per heavy atom. The number of hydrogen-bond acceptors (Lipinski definition) is 5. The van der Waals surface area contributed by atoms with Crippen LogP contribution in [0.25, 0.3) is 5.57 Å². The van der Waals surface area contributed by atoms with Gasteiger partial charge in [0.1, 0.15) is 17.4 Å². The van der Waals surface area contributed by atoms with Crippen LogP contribution in [-0.4, -0.2) is 32.6 Å². The van der Waals surface area contributed by atoms with Crippen LogP contribution >= 0.6 is 0 Å². The van der Waals surface area contributed by atoms with Gasteiger partial charge in [-0.1, -0.05) is 31.2 Å². The SMILES string of the molecule is CCOC(=O)[C@H]1C(=O)C=C(c2ccc(OC)cc2OC)C[C@@H]1c1ccc(CC)cc1. The number of benzene rings is 2. The van der Waals surface area contributed by atoms with Crippen LogP contribution in [0.1, 0.15) is 42.9 Å². The lowest BCUT2D eigenvalue weighted by Gasteiger charge is -2.30. The summed E-state index contributed by atoms with van der Waals surface area (Å²) < 4.78 is 16.1. The Bertz CT molecular complexity index is 943. The van der Waals surface area contributed by atoms with Crippen LogP contribution < -0.4 is 9.47 Å². The van der Waals surface area contributed by atoms with Crippen LogP contribution in [0.5, 0.6) is 11.5 Å². The summed E-state index contributed by atoms with van der Waals surface area (Å²) in [5.74, 6) is -0.543. The maximum atomic E-state index is 13.1. The summed E-state index contributed by atoms with van der Waals surface area (Å²) in [7, 11) is 3.18. The Morgan fingerprint density at radius 1 is 1.03 bits per heavy atom. The van der Waals surface area contributed by atoms with E-state index in [1.807, 2.05) is 36.4 Å². The molecule has 0 saturated carbocycles. The van der Waals surface area contributed by atoms with E-state index < -0.39 is 11.9 Å². The summed E-state index contributed by atoms with van der Waals surface area (Å²) in [5.41, 5.74) is 3.83. The highest BCUT2D eigenvalue weighted by Gasteiger charge is 2.40. The zero-order valence-corrected chi connectivity index (χ0v) is 17.9. The minimum Gasteiger partial charge on any atom is -0.497 e. The van der Waals surface area contributed by atoms with E-state index >= 15 is 0 Å². The number of carbonyl (C=O) groups excluding carboxylic acids is 2. The first-order chi connectivity index (χ1) is 14.5. The number of hydrogen-bond donors (Lipinski definition) is 0. The van der Waals surface area contributed by atoms with Crippen molar-refractivity contribution in [3.8, 4) is 11.5 Å². The molecule has 0 saturated heterocycles. The lowest BCUT2D eigenvalue weighted by atomic mass is 9.73. The summed E-state index contributed by atoms with van der Waals surface area (Å²) in [6, 6.07) is 13.6. The van der Waals surface area contributed by atoms with Crippen LogP contribution in [0, 0.1) is 5.92 Å². The monoisotopic (exact) mass is 408 g/mol. The van der Waals surface area contributed by atoms with Gasteiger partial charge in [0.2, 0.25) is 0 Å². The van der Waals surface area contributed by atoms with Crippen molar-refractivity contribution in [2.75, 3.05) is 20.8 Å². The van der Waals surface area contributed by atoms with Crippen LogP contribution in [0.4, 0.5) is 0 Å². The first-order valence-electron chi connectivity index (χ1n) is 10.2. The third kappa shape index (κ3) is 4.40. The normalized spacial score (nSPS) is 18.5. The van der Waals surface area contributed by atoms with Crippen molar-refractivity contribution in [1.82, 2.24) is 0 Å². The minimum absolute atomic E-state index is 0.239. The molecule has 0 bridgehead atoms. The molecule has 0 unspecified atom stereocenters. The molecule has 0 N–H and O–H groups in total. The van der Waals surface area contributed by atoms with Crippen molar-refractivity contribution in [3.63, 3.8) is 0 Å². The topological polar surface area (TPSA) is 61.8 Å². The molecule has 0 radical (unpaired) electrons. The van der Waals surface area contributed by atoms with Crippen molar-refractivity contribution in [2.45, 2.75) is 32.6 Å². The summed E-state index contributed by atoms with van der Waals surface area (Å²) in [6.07, 6.45) is 3.02. The number of esters is 1. The molecule has 1 aliphatic carbocycles. The molecule has 5 heteroatoms. The quantitative estimate of drug-likeness (QED) is 0.495. The summed E-state index contributed by atoms with van der Waals surface area (Å²) in [6.45, 7) is 4.09. The highest BCUT2D eigenvalue weighted by Crippen LogP contribution is 2.43. The van der Waals surface area contributed by atoms with Gasteiger partial charge < -0.3 is 14.2 Å². The Labute approximate surface area is 177 Å². The van der Waals surface area contributed by atoms with E-state index in [1.165, 1.54) is 5.56 Å². The third-order valence-corrected chi connectivity index (χ3v) is 5.58. The molecule has 2 atom stereocenters. The van der Waals surface area contributed by atoms with Gasteiger partial charge in [0.25, 0.3) is 0 Å². The van der Waals surface area contributed by atoms with Gasteiger partial charge in [-0.25, -0.2) is 0 Å². The van der Waals surface area contributed by atoms with Crippen molar-refractivity contribution < 1.29 is 23.8 Å². The molecular formula is C25H28O5. The third-order valence-electron chi connectivity index (χ3n) is 5.58. The average Bonchev–Trinajstić information content (AvgIpc) is 2.78. The van der Waals surface area contributed by atoms with Crippen molar-refractivity contribution >= 4 is 17.3 Å². The molecule has 3 rings (SSSR count). The number of aryl methyl sites for hydroxylation is 1. The molecule has 0 spiro atoms. The van der Waals surface area contributed by atoms with Gasteiger partial charge in [0, 0.05) is 17.5 Å². The van der Waals surface area contributed by atoms with E-state index in [2.05, 4.69) is 6.92 Å². The second kappa shape index (κ2) is 9.61. The first kappa shape index (κ1) is 21.6. The number of ketones is 1. The van der Waals surface area contributed by atoms with Gasteiger partial charge >= 0.3 is 5.97 Å². The van der Waals surface area contributed by atoms with Gasteiger partial charge in [-0.2, -0.15) is 0 Å². The zero-order valence-electron chi connectivity index (χ0n) is 17.9. The molecule has 158 valence electrons. The van der Waals surface area contributed by atoms with Gasteiger partial charge in [-0.15, -0.1) is 0 Å². The molecule has 0 aromatic heterocycles. The van der Waals surface area contributed by atoms with Crippen molar-refractivity contribution in [1.29, 1.82) is 0 Å². The second-order valence-corrected chi connectivity index (χ2v) is 7.27. The van der Waals surface area contributed by atoms with E-state index in [0.717, 1.165) is 23.1 Å². The molecule has 1 aliphatic rings. The van der Waals surface area contributed by atoms with E-state index in [-0.39, 0.29) is 18.3 Å². The molecule has 0 fully saturated rings. The Kier molecular flexibility index (Phi) is 6.93. The molecule has 30 heavy (non-hydrogen) atoms. The second-order valence-electron chi connectivity index (χ2n) is 7.27. The van der Waals surface area contributed by atoms with E-state index in [9.17, 15) is 9.59 Å². The molecular weight excluding hydrogens is 380 g/mol. The smallest absolute Gasteiger partial charge is 0.317 e. The maximum Gasteiger partial charge on any atom is 0.317 e. The Hall–Kier alpha value is -3.08. The van der Waals surface area contributed by atoms with Gasteiger partial charge in [0.15, 0.2) is 5.78 Å². The minimum atomic E-state index is -0.842. The summed E-state index contributed by atoms with van der Waals surface area (Å²) in [4.78, 5) is 25.7. The summed E-state index contributed by atoms with van der Waals surface area (Å²) >= 11 is 0. The van der Waals surface area contributed by atoms with Crippen LogP contribution in [0.2, 0.25) is 0 Å². The van der Waals surface area contributed by atoms with Crippen molar-refractivity contribution in [2.24, 2.45) is 5.92 Å². The van der Waals surface area contributed by atoms with E-state index in [4.69, 9.17) is 14.2 Å². The number of allylic oxidation sites excluding steroid dienone is 2.